The fourth-order valence-electron chi connectivity index (χ4n) is 2.43. The zero-order chi connectivity index (χ0) is 20.3. The molecule has 0 saturated carbocycles. The van der Waals surface area contributed by atoms with Gasteiger partial charge in [0.25, 0.3) is 15.9 Å². The lowest BCUT2D eigenvalue weighted by molar-refractivity contribution is 0.102. The van der Waals surface area contributed by atoms with E-state index in [0.29, 0.717) is 0 Å². The van der Waals surface area contributed by atoms with E-state index >= 15 is 0 Å². The van der Waals surface area contributed by atoms with Crippen molar-refractivity contribution in [2.24, 2.45) is 0 Å². The van der Waals surface area contributed by atoms with E-state index in [0.717, 1.165) is 29.8 Å². The van der Waals surface area contributed by atoms with Crippen molar-refractivity contribution in [2.45, 2.75) is 11.8 Å². The molecule has 5 nitrogen and oxygen atoms in total. The lowest BCUT2D eigenvalue weighted by Gasteiger charge is -2.10. The van der Waals surface area contributed by atoms with Crippen molar-refractivity contribution in [1.29, 1.82) is 0 Å². The van der Waals surface area contributed by atoms with Crippen LogP contribution in [0.3, 0.4) is 0 Å². The molecule has 0 aliphatic heterocycles. The molecule has 0 aliphatic carbocycles. The van der Waals surface area contributed by atoms with Gasteiger partial charge in [0.1, 0.15) is 11.6 Å². The van der Waals surface area contributed by atoms with Gasteiger partial charge in [-0.1, -0.05) is 6.07 Å². The number of anilines is 2. The minimum atomic E-state index is -3.89. The van der Waals surface area contributed by atoms with Crippen molar-refractivity contribution < 1.29 is 22.0 Å². The third-order valence-corrected chi connectivity index (χ3v) is 5.29. The molecule has 0 aliphatic rings. The normalized spacial score (nSPS) is 11.1. The number of halogens is 2. The summed E-state index contributed by atoms with van der Waals surface area (Å²) in [5.74, 6) is -1.62. The van der Waals surface area contributed by atoms with Crippen LogP contribution in [0.15, 0.2) is 71.6 Å². The fourth-order valence-corrected chi connectivity index (χ4v) is 3.49. The number of sulfonamides is 1. The van der Waals surface area contributed by atoms with Crippen LogP contribution in [0.25, 0.3) is 0 Å². The highest BCUT2D eigenvalue weighted by atomic mass is 32.2. The Labute approximate surface area is 161 Å². The van der Waals surface area contributed by atoms with E-state index in [4.69, 9.17) is 0 Å². The Bertz CT molecular complexity index is 1110. The fraction of sp³-hybridized carbons (Fsp3) is 0.0500. The predicted molar refractivity (Wildman–Crippen MR) is 103 cm³/mol. The molecule has 0 fully saturated rings. The zero-order valence-electron chi connectivity index (χ0n) is 14.7. The molecular formula is C20H16F2N2O3S. The Morgan fingerprint density at radius 3 is 2.14 bits per heavy atom. The van der Waals surface area contributed by atoms with Crippen LogP contribution in [0.5, 0.6) is 0 Å². The average molecular weight is 402 g/mol. The molecule has 0 unspecified atom stereocenters. The maximum absolute atomic E-state index is 13.8. The highest BCUT2D eigenvalue weighted by Crippen LogP contribution is 2.19. The summed E-state index contributed by atoms with van der Waals surface area (Å²) < 4.78 is 53.7. The Morgan fingerprint density at radius 1 is 0.893 bits per heavy atom. The number of hydrogen-bond acceptors (Lipinski definition) is 3. The van der Waals surface area contributed by atoms with E-state index in [1.807, 2.05) is 0 Å². The van der Waals surface area contributed by atoms with Gasteiger partial charge in [0.05, 0.1) is 10.6 Å². The molecule has 8 heteroatoms. The van der Waals surface area contributed by atoms with Crippen LogP contribution in [-0.2, 0) is 10.0 Å². The van der Waals surface area contributed by atoms with Crippen LogP contribution in [0.4, 0.5) is 20.2 Å². The molecule has 3 rings (SSSR count). The molecule has 0 aromatic heterocycles. The molecule has 0 radical (unpaired) electrons. The maximum Gasteiger partial charge on any atom is 0.261 e. The molecule has 0 bridgehead atoms. The minimum Gasteiger partial charge on any atom is -0.319 e. The van der Waals surface area contributed by atoms with E-state index in [-0.39, 0.29) is 21.8 Å². The first-order valence-corrected chi connectivity index (χ1v) is 9.69. The van der Waals surface area contributed by atoms with Gasteiger partial charge < -0.3 is 5.32 Å². The SMILES string of the molecule is Cc1ccc(NC(=O)c2ccc(NS(=O)(=O)c3ccc(F)cc3)cc2)c(F)c1. The first-order chi connectivity index (χ1) is 13.2. The van der Waals surface area contributed by atoms with Crippen molar-refractivity contribution in [2.75, 3.05) is 10.0 Å². The number of benzene rings is 3. The second-order valence-corrected chi connectivity index (χ2v) is 7.76. The smallest absolute Gasteiger partial charge is 0.261 e. The van der Waals surface area contributed by atoms with Crippen molar-refractivity contribution in [3.05, 3.63) is 89.5 Å². The van der Waals surface area contributed by atoms with E-state index in [9.17, 15) is 22.0 Å². The van der Waals surface area contributed by atoms with Crippen molar-refractivity contribution >= 4 is 27.3 Å². The summed E-state index contributed by atoms with van der Waals surface area (Å²) in [5, 5.41) is 2.46. The van der Waals surface area contributed by atoms with Crippen LogP contribution < -0.4 is 10.0 Å². The average Bonchev–Trinajstić information content (AvgIpc) is 2.64. The van der Waals surface area contributed by atoms with E-state index in [1.165, 1.54) is 36.4 Å². The maximum atomic E-state index is 13.8. The van der Waals surface area contributed by atoms with Crippen LogP contribution in [0.1, 0.15) is 15.9 Å². The van der Waals surface area contributed by atoms with Gasteiger partial charge in [-0.3, -0.25) is 9.52 Å². The number of nitrogens with one attached hydrogen (secondary N) is 2. The van der Waals surface area contributed by atoms with Crippen LogP contribution >= 0.6 is 0 Å². The number of carbonyl (C=O) groups excluding carboxylic acids is 1. The molecule has 2 N–H and O–H groups in total. The lowest BCUT2D eigenvalue weighted by Crippen LogP contribution is -2.14. The Morgan fingerprint density at radius 2 is 1.54 bits per heavy atom. The number of aryl methyl sites for hydroxylation is 1. The standard InChI is InChI=1S/C20H16F2N2O3S/c1-13-2-11-19(18(22)12-13)23-20(25)14-3-7-16(8-4-14)24-28(26,27)17-9-5-15(21)6-10-17/h2-12,24H,1H3,(H,23,25). The largest absolute Gasteiger partial charge is 0.319 e. The molecule has 3 aromatic rings. The second-order valence-electron chi connectivity index (χ2n) is 6.07. The highest BCUT2D eigenvalue weighted by molar-refractivity contribution is 7.92. The zero-order valence-corrected chi connectivity index (χ0v) is 15.6. The third kappa shape index (κ3) is 4.52. The van der Waals surface area contributed by atoms with Crippen molar-refractivity contribution in [3.63, 3.8) is 0 Å². The topological polar surface area (TPSA) is 75.3 Å². The summed E-state index contributed by atoms with van der Waals surface area (Å²) in [6.45, 7) is 1.74. The molecule has 0 heterocycles. The van der Waals surface area contributed by atoms with Crippen LogP contribution in [0, 0.1) is 18.6 Å². The minimum absolute atomic E-state index is 0.0525. The Hall–Kier alpha value is -3.26. The summed E-state index contributed by atoms with van der Waals surface area (Å²) in [5.41, 5.74) is 1.23. The first kappa shape index (κ1) is 19.5. The summed E-state index contributed by atoms with van der Waals surface area (Å²) in [6, 6.07) is 14.5. The van der Waals surface area contributed by atoms with Gasteiger partial charge in [-0.05, 0) is 73.2 Å². The van der Waals surface area contributed by atoms with Gasteiger partial charge in [-0.15, -0.1) is 0 Å². The summed E-state index contributed by atoms with van der Waals surface area (Å²) in [7, 11) is -3.89. The van der Waals surface area contributed by atoms with Gasteiger partial charge >= 0.3 is 0 Å². The highest BCUT2D eigenvalue weighted by Gasteiger charge is 2.15. The van der Waals surface area contributed by atoms with Gasteiger partial charge in [0.15, 0.2) is 0 Å². The molecule has 3 aromatic carbocycles. The first-order valence-electron chi connectivity index (χ1n) is 8.20. The summed E-state index contributed by atoms with van der Waals surface area (Å²) in [6.07, 6.45) is 0. The molecule has 0 saturated heterocycles. The summed E-state index contributed by atoms with van der Waals surface area (Å²) >= 11 is 0. The van der Waals surface area contributed by atoms with E-state index < -0.39 is 27.6 Å². The third-order valence-electron chi connectivity index (χ3n) is 3.90. The number of hydrogen-bond donors (Lipinski definition) is 2. The summed E-state index contributed by atoms with van der Waals surface area (Å²) in [4.78, 5) is 12.2. The van der Waals surface area contributed by atoms with Crippen molar-refractivity contribution in [3.8, 4) is 0 Å². The molecule has 144 valence electrons. The molecule has 0 atom stereocenters. The predicted octanol–water partition coefficient (Wildman–Crippen LogP) is 4.33. The van der Waals surface area contributed by atoms with Gasteiger partial charge in [-0.25, -0.2) is 17.2 Å². The lowest BCUT2D eigenvalue weighted by atomic mass is 10.1. The van der Waals surface area contributed by atoms with Gasteiger partial charge in [-0.2, -0.15) is 0 Å². The second kappa shape index (κ2) is 7.77. The van der Waals surface area contributed by atoms with Crippen molar-refractivity contribution in [1.82, 2.24) is 0 Å². The van der Waals surface area contributed by atoms with Gasteiger partial charge in [0.2, 0.25) is 0 Å². The molecule has 28 heavy (non-hydrogen) atoms. The number of carbonyl (C=O) groups is 1. The molecular weight excluding hydrogens is 386 g/mol. The van der Waals surface area contributed by atoms with Gasteiger partial charge in [0, 0.05) is 11.3 Å². The van der Waals surface area contributed by atoms with E-state index in [2.05, 4.69) is 10.0 Å². The van der Waals surface area contributed by atoms with Crippen LogP contribution in [0.2, 0.25) is 0 Å². The monoisotopic (exact) mass is 402 g/mol. The number of amides is 1. The quantitative estimate of drug-likeness (QED) is 0.667. The number of rotatable bonds is 5. The van der Waals surface area contributed by atoms with Crippen LogP contribution in [-0.4, -0.2) is 14.3 Å². The Kier molecular flexibility index (Phi) is 5.41. The Balaban J connectivity index is 1.72. The molecule has 1 amide bonds. The van der Waals surface area contributed by atoms with E-state index in [1.54, 1.807) is 13.0 Å². The molecule has 0 spiro atoms.